The Morgan fingerprint density at radius 1 is 0.652 bits per heavy atom. The highest BCUT2D eigenvalue weighted by atomic mass is 16.8. The number of hydrogen-bond donors (Lipinski definition) is 0. The summed E-state index contributed by atoms with van der Waals surface area (Å²) < 4.78 is 18.3. The fourth-order valence-corrected chi connectivity index (χ4v) is 3.65. The Bertz CT molecular complexity index is 278. The van der Waals surface area contributed by atoms with Gasteiger partial charge in [-0.25, -0.2) is 0 Å². The lowest BCUT2D eigenvalue weighted by atomic mass is 9.95. The number of unbranched alkanes of at least 4 members (excludes halogenated alkanes) is 8. The van der Waals surface area contributed by atoms with Crippen molar-refractivity contribution in [1.82, 2.24) is 0 Å². The van der Waals surface area contributed by atoms with Gasteiger partial charge in [0.05, 0.1) is 13.2 Å². The van der Waals surface area contributed by atoms with Crippen LogP contribution in [0.1, 0.15) is 104 Å². The summed E-state index contributed by atoms with van der Waals surface area (Å²) in [5, 5.41) is 0. The van der Waals surface area contributed by atoms with Gasteiger partial charge in [0.25, 0.3) is 0 Å². The van der Waals surface area contributed by atoms with Crippen molar-refractivity contribution in [2.45, 2.75) is 115 Å². The third-order valence-corrected chi connectivity index (χ3v) is 5.39. The van der Waals surface area contributed by atoms with Crippen LogP contribution < -0.4 is 0 Å². The summed E-state index contributed by atoms with van der Waals surface area (Å²) in [6.45, 7) is 6.22. The first-order chi connectivity index (χ1) is 11.2. The lowest BCUT2D eigenvalue weighted by Gasteiger charge is -2.51. The van der Waals surface area contributed by atoms with Crippen molar-refractivity contribution in [2.75, 3.05) is 13.2 Å². The average Bonchev–Trinajstić information content (AvgIpc) is 2.48. The molecule has 0 aliphatic carbocycles. The Hall–Kier alpha value is -0.120. The summed E-state index contributed by atoms with van der Waals surface area (Å²) in [6, 6.07) is 0. The number of ether oxygens (including phenoxy) is 3. The molecule has 0 aromatic heterocycles. The number of rotatable bonds is 14. The van der Waals surface area contributed by atoms with Crippen LogP contribution in [0.25, 0.3) is 0 Å². The molecule has 2 heterocycles. The zero-order valence-corrected chi connectivity index (χ0v) is 15.5. The van der Waals surface area contributed by atoms with E-state index >= 15 is 0 Å². The molecular weight excluding hydrogens is 288 g/mol. The molecule has 136 valence electrons. The fourth-order valence-electron chi connectivity index (χ4n) is 3.65. The van der Waals surface area contributed by atoms with Gasteiger partial charge in [-0.2, -0.15) is 0 Å². The van der Waals surface area contributed by atoms with Gasteiger partial charge >= 0.3 is 0 Å². The van der Waals surface area contributed by atoms with Gasteiger partial charge in [-0.05, 0) is 12.8 Å². The Labute approximate surface area is 143 Å². The smallest absolute Gasteiger partial charge is 0.173 e. The second-order valence-electron chi connectivity index (χ2n) is 7.45. The van der Waals surface area contributed by atoms with Crippen LogP contribution >= 0.6 is 0 Å². The standard InChI is InChI=1S/C20H38O3/c1-3-5-7-9-11-13-19(15-17-21-19)23-20(16-18-22-20)14-12-10-8-6-4-2/h3-18H2,1-2H3. The molecule has 0 aromatic rings. The molecule has 2 saturated heterocycles. The van der Waals surface area contributed by atoms with Crippen LogP contribution in [0.2, 0.25) is 0 Å². The van der Waals surface area contributed by atoms with Gasteiger partial charge in [-0.15, -0.1) is 0 Å². The second kappa shape index (κ2) is 10.0. The lowest BCUT2D eigenvalue weighted by molar-refractivity contribution is -0.432. The monoisotopic (exact) mass is 326 g/mol. The maximum atomic E-state index is 6.47. The minimum absolute atomic E-state index is 0.323. The molecule has 2 atom stereocenters. The third kappa shape index (κ3) is 6.03. The molecule has 0 radical (unpaired) electrons. The normalized spacial score (nSPS) is 30.0. The molecule has 0 saturated carbocycles. The molecular formula is C20H38O3. The summed E-state index contributed by atoms with van der Waals surface area (Å²) in [6.07, 6.45) is 17.2. The zero-order valence-electron chi connectivity index (χ0n) is 15.5. The minimum atomic E-state index is -0.323. The molecule has 3 nitrogen and oxygen atoms in total. The summed E-state index contributed by atoms with van der Waals surface area (Å²) in [7, 11) is 0. The van der Waals surface area contributed by atoms with E-state index in [0.29, 0.717) is 0 Å². The highest BCUT2D eigenvalue weighted by Gasteiger charge is 2.50. The highest BCUT2D eigenvalue weighted by molar-refractivity contribution is 4.86. The van der Waals surface area contributed by atoms with Crippen molar-refractivity contribution in [1.29, 1.82) is 0 Å². The van der Waals surface area contributed by atoms with Crippen molar-refractivity contribution in [3.05, 3.63) is 0 Å². The van der Waals surface area contributed by atoms with E-state index in [1.807, 2.05) is 0 Å². The summed E-state index contributed by atoms with van der Waals surface area (Å²) in [4.78, 5) is 0. The predicted octanol–water partition coefficient (Wildman–Crippen LogP) is 5.96. The Morgan fingerprint density at radius 2 is 1.04 bits per heavy atom. The van der Waals surface area contributed by atoms with Gasteiger partial charge in [0, 0.05) is 25.7 Å². The van der Waals surface area contributed by atoms with E-state index in [0.717, 1.165) is 38.9 Å². The van der Waals surface area contributed by atoms with Gasteiger partial charge in [0.15, 0.2) is 11.6 Å². The molecule has 2 fully saturated rings. The predicted molar refractivity (Wildman–Crippen MR) is 94.4 cm³/mol. The summed E-state index contributed by atoms with van der Waals surface area (Å²) in [5.41, 5.74) is 0. The van der Waals surface area contributed by atoms with E-state index in [4.69, 9.17) is 14.2 Å². The van der Waals surface area contributed by atoms with Crippen LogP contribution in [0.5, 0.6) is 0 Å². The maximum absolute atomic E-state index is 6.47. The molecule has 2 unspecified atom stereocenters. The van der Waals surface area contributed by atoms with Gasteiger partial charge in [0.2, 0.25) is 0 Å². The van der Waals surface area contributed by atoms with Crippen molar-refractivity contribution < 1.29 is 14.2 Å². The quantitative estimate of drug-likeness (QED) is 0.369. The van der Waals surface area contributed by atoms with Crippen molar-refractivity contribution in [2.24, 2.45) is 0 Å². The van der Waals surface area contributed by atoms with Crippen LogP contribution in [0, 0.1) is 0 Å². The Morgan fingerprint density at radius 3 is 1.35 bits per heavy atom. The van der Waals surface area contributed by atoms with E-state index in [9.17, 15) is 0 Å². The molecule has 0 bridgehead atoms. The van der Waals surface area contributed by atoms with E-state index in [2.05, 4.69) is 13.8 Å². The van der Waals surface area contributed by atoms with Gasteiger partial charge < -0.3 is 14.2 Å². The lowest BCUT2D eigenvalue weighted by Crippen LogP contribution is -2.57. The van der Waals surface area contributed by atoms with Crippen molar-refractivity contribution in [3.8, 4) is 0 Å². The average molecular weight is 327 g/mol. The van der Waals surface area contributed by atoms with E-state index in [1.165, 1.54) is 64.2 Å². The molecule has 0 amide bonds. The SMILES string of the molecule is CCCCCCCC1(OC2(CCCCCCC)CCO2)CCO1. The van der Waals surface area contributed by atoms with Crippen LogP contribution in [0.4, 0.5) is 0 Å². The van der Waals surface area contributed by atoms with Crippen LogP contribution in [-0.4, -0.2) is 24.8 Å². The van der Waals surface area contributed by atoms with Crippen LogP contribution in [0.3, 0.4) is 0 Å². The first-order valence-electron chi connectivity index (χ1n) is 10.2. The Balaban J connectivity index is 1.70. The fraction of sp³-hybridized carbons (Fsp3) is 1.00. The van der Waals surface area contributed by atoms with Crippen molar-refractivity contribution in [3.63, 3.8) is 0 Å². The Kier molecular flexibility index (Phi) is 8.35. The molecule has 23 heavy (non-hydrogen) atoms. The zero-order chi connectivity index (χ0) is 16.4. The van der Waals surface area contributed by atoms with Crippen molar-refractivity contribution >= 4 is 0 Å². The molecule has 0 aromatic carbocycles. The van der Waals surface area contributed by atoms with Crippen LogP contribution in [-0.2, 0) is 14.2 Å². The minimum Gasteiger partial charge on any atom is -0.349 e. The first-order valence-corrected chi connectivity index (χ1v) is 10.2. The summed E-state index contributed by atoms with van der Waals surface area (Å²) in [5.74, 6) is -0.647. The maximum Gasteiger partial charge on any atom is 0.173 e. The molecule has 2 aliphatic rings. The van der Waals surface area contributed by atoms with E-state index < -0.39 is 0 Å². The third-order valence-electron chi connectivity index (χ3n) is 5.39. The highest BCUT2D eigenvalue weighted by Crippen LogP contribution is 2.44. The largest absolute Gasteiger partial charge is 0.349 e. The van der Waals surface area contributed by atoms with Crippen LogP contribution in [0.15, 0.2) is 0 Å². The first kappa shape index (κ1) is 19.2. The second-order valence-corrected chi connectivity index (χ2v) is 7.45. The number of hydrogen-bond acceptors (Lipinski definition) is 3. The topological polar surface area (TPSA) is 27.7 Å². The van der Waals surface area contributed by atoms with E-state index in [1.54, 1.807) is 0 Å². The van der Waals surface area contributed by atoms with E-state index in [-0.39, 0.29) is 11.6 Å². The molecule has 0 spiro atoms. The molecule has 2 rings (SSSR count). The van der Waals surface area contributed by atoms with Gasteiger partial charge in [-0.3, -0.25) is 0 Å². The molecule has 0 N–H and O–H groups in total. The molecule has 3 heteroatoms. The van der Waals surface area contributed by atoms with Gasteiger partial charge in [-0.1, -0.05) is 65.2 Å². The van der Waals surface area contributed by atoms with Gasteiger partial charge in [0.1, 0.15) is 0 Å². The molecule has 2 aliphatic heterocycles. The summed E-state index contributed by atoms with van der Waals surface area (Å²) >= 11 is 0.